The van der Waals surface area contributed by atoms with Gasteiger partial charge in [0.1, 0.15) is 5.82 Å². The van der Waals surface area contributed by atoms with Crippen LogP contribution in [-0.4, -0.2) is 29.9 Å². The zero-order chi connectivity index (χ0) is 13.8. The molecule has 0 saturated carbocycles. The monoisotopic (exact) mass is 300 g/mol. The molecule has 1 fully saturated rings. The van der Waals surface area contributed by atoms with Gasteiger partial charge in [-0.25, -0.2) is 4.39 Å². The largest absolute Gasteiger partial charge is 0.341 e. The van der Waals surface area contributed by atoms with Crippen LogP contribution in [0.25, 0.3) is 0 Å². The van der Waals surface area contributed by atoms with Crippen molar-refractivity contribution in [3.8, 4) is 0 Å². The number of nitrogens with two attached hydrogens (primary N) is 1. The van der Waals surface area contributed by atoms with Crippen LogP contribution in [0.3, 0.4) is 0 Å². The van der Waals surface area contributed by atoms with Crippen LogP contribution < -0.4 is 5.73 Å². The Hall–Kier alpha value is -1.13. The van der Waals surface area contributed by atoms with Crippen LogP contribution in [0.15, 0.2) is 24.3 Å². The summed E-state index contributed by atoms with van der Waals surface area (Å²) in [4.78, 5) is 14.0. The Morgan fingerprint density at radius 2 is 2.30 bits per heavy atom. The van der Waals surface area contributed by atoms with Gasteiger partial charge in [0.2, 0.25) is 5.91 Å². The molecule has 1 aliphatic heterocycles. The van der Waals surface area contributed by atoms with E-state index in [1.165, 1.54) is 12.1 Å². The minimum absolute atomic E-state index is 0. The highest BCUT2D eigenvalue weighted by Crippen LogP contribution is 2.16. The molecule has 0 bridgehead atoms. The number of amides is 1. The first-order chi connectivity index (χ1) is 9.06. The number of carbonyl (C=O) groups is 1. The molecule has 2 rings (SSSR count). The zero-order valence-electron chi connectivity index (χ0n) is 11.7. The highest BCUT2D eigenvalue weighted by atomic mass is 35.5. The van der Waals surface area contributed by atoms with Crippen LogP contribution in [0.1, 0.15) is 25.3 Å². The van der Waals surface area contributed by atoms with Crippen LogP contribution >= 0.6 is 12.4 Å². The van der Waals surface area contributed by atoms with E-state index in [0.29, 0.717) is 6.54 Å². The summed E-state index contributed by atoms with van der Waals surface area (Å²) in [6.07, 6.45) is 2.36. The van der Waals surface area contributed by atoms with E-state index in [-0.39, 0.29) is 36.1 Å². The summed E-state index contributed by atoms with van der Waals surface area (Å²) in [5.74, 6) is -0.0834. The maximum atomic E-state index is 13.0. The van der Waals surface area contributed by atoms with Gasteiger partial charge in [-0.05, 0) is 37.0 Å². The van der Waals surface area contributed by atoms with Crippen LogP contribution in [0.5, 0.6) is 0 Å². The zero-order valence-corrected chi connectivity index (χ0v) is 12.5. The van der Waals surface area contributed by atoms with Gasteiger partial charge in [0, 0.05) is 25.0 Å². The van der Waals surface area contributed by atoms with Crippen LogP contribution in [0.4, 0.5) is 4.39 Å². The van der Waals surface area contributed by atoms with Crippen molar-refractivity contribution in [1.82, 2.24) is 4.90 Å². The Balaban J connectivity index is 0.00000200. The van der Waals surface area contributed by atoms with E-state index in [4.69, 9.17) is 5.73 Å². The van der Waals surface area contributed by atoms with E-state index < -0.39 is 0 Å². The van der Waals surface area contributed by atoms with Crippen LogP contribution in [0, 0.1) is 11.7 Å². The number of nitrogens with zero attached hydrogens (tertiary/aromatic N) is 1. The number of aryl methyl sites for hydroxylation is 1. The Kier molecular flexibility index (Phi) is 6.43. The fraction of sp³-hybridized carbons (Fsp3) is 0.533. The van der Waals surface area contributed by atoms with Gasteiger partial charge in [0.15, 0.2) is 0 Å². The molecule has 2 atom stereocenters. The van der Waals surface area contributed by atoms with Crippen molar-refractivity contribution in [1.29, 1.82) is 0 Å². The van der Waals surface area contributed by atoms with Gasteiger partial charge in [0.05, 0.1) is 0 Å². The molecular weight excluding hydrogens is 279 g/mol. The Morgan fingerprint density at radius 1 is 1.55 bits per heavy atom. The van der Waals surface area contributed by atoms with Crippen molar-refractivity contribution in [3.05, 3.63) is 35.6 Å². The van der Waals surface area contributed by atoms with E-state index in [2.05, 4.69) is 0 Å². The van der Waals surface area contributed by atoms with Gasteiger partial charge in [-0.15, -0.1) is 12.4 Å². The predicted octanol–water partition coefficient (Wildman–Crippen LogP) is 2.38. The number of carbonyl (C=O) groups excluding carboxylic acids is 1. The Labute approximate surface area is 125 Å². The van der Waals surface area contributed by atoms with Gasteiger partial charge >= 0.3 is 0 Å². The molecule has 0 radical (unpaired) electrons. The first kappa shape index (κ1) is 16.9. The number of hydrogen-bond acceptors (Lipinski definition) is 2. The smallest absolute Gasteiger partial charge is 0.225 e. The van der Waals surface area contributed by atoms with Crippen molar-refractivity contribution in [2.75, 3.05) is 13.1 Å². The lowest BCUT2D eigenvalue weighted by molar-refractivity contribution is -0.134. The molecule has 1 aliphatic rings. The van der Waals surface area contributed by atoms with E-state index in [9.17, 15) is 9.18 Å². The van der Waals surface area contributed by atoms with Crippen molar-refractivity contribution < 1.29 is 9.18 Å². The fourth-order valence-electron chi connectivity index (χ4n) is 2.50. The molecule has 1 amide bonds. The fourth-order valence-corrected chi connectivity index (χ4v) is 2.50. The molecule has 0 aromatic heterocycles. The lowest BCUT2D eigenvalue weighted by Gasteiger charge is -2.20. The normalized spacial score (nSPS) is 19.6. The molecule has 1 aromatic rings. The number of benzene rings is 1. The summed E-state index contributed by atoms with van der Waals surface area (Å²) in [5, 5.41) is 0. The summed E-state index contributed by atoms with van der Waals surface area (Å²) in [6.45, 7) is 3.37. The van der Waals surface area contributed by atoms with Crippen molar-refractivity contribution in [2.45, 2.75) is 32.2 Å². The summed E-state index contributed by atoms with van der Waals surface area (Å²) in [6, 6.07) is 6.69. The first-order valence-electron chi connectivity index (χ1n) is 6.85. The summed E-state index contributed by atoms with van der Waals surface area (Å²) >= 11 is 0. The molecule has 5 heteroatoms. The van der Waals surface area contributed by atoms with Gasteiger partial charge in [-0.1, -0.05) is 19.1 Å². The molecule has 112 valence electrons. The highest BCUT2D eigenvalue weighted by molar-refractivity contribution is 5.85. The number of likely N-dealkylation sites (tertiary alicyclic amines) is 1. The molecule has 0 aliphatic carbocycles. The summed E-state index contributed by atoms with van der Waals surface area (Å²) < 4.78 is 13.0. The molecule has 1 unspecified atom stereocenters. The van der Waals surface area contributed by atoms with Crippen molar-refractivity contribution in [3.63, 3.8) is 0 Å². The first-order valence-corrected chi connectivity index (χ1v) is 6.85. The molecule has 3 nitrogen and oxygen atoms in total. The van der Waals surface area contributed by atoms with Crippen molar-refractivity contribution in [2.24, 2.45) is 11.7 Å². The summed E-state index contributed by atoms with van der Waals surface area (Å²) in [5.41, 5.74) is 6.75. The minimum Gasteiger partial charge on any atom is -0.341 e. The third-order valence-electron chi connectivity index (χ3n) is 3.71. The molecule has 0 spiro atoms. The Bertz CT molecular complexity index is 455. The number of halogens is 2. The topological polar surface area (TPSA) is 46.3 Å². The second-order valence-corrected chi connectivity index (χ2v) is 5.40. The maximum Gasteiger partial charge on any atom is 0.225 e. The van der Waals surface area contributed by atoms with Gasteiger partial charge in [0.25, 0.3) is 0 Å². The van der Waals surface area contributed by atoms with E-state index in [1.807, 2.05) is 17.9 Å². The number of rotatable bonds is 4. The molecule has 1 saturated heterocycles. The predicted molar refractivity (Wildman–Crippen MR) is 80.3 cm³/mol. The second-order valence-electron chi connectivity index (χ2n) is 5.40. The highest BCUT2D eigenvalue weighted by Gasteiger charge is 2.26. The molecular formula is C15H22ClFN2O. The summed E-state index contributed by atoms with van der Waals surface area (Å²) in [7, 11) is 0. The Morgan fingerprint density at radius 3 is 2.90 bits per heavy atom. The average molecular weight is 301 g/mol. The molecule has 1 heterocycles. The minimum atomic E-state index is -0.220. The second kappa shape index (κ2) is 7.60. The standard InChI is InChI=1S/C15H21FN2O.ClH/c1-11(15(19)18-8-7-14(17)10-18)5-6-12-3-2-4-13(16)9-12;/h2-4,9,11,14H,5-8,10,17H2,1H3;1H/t11?,14-;/m1./s1. The average Bonchev–Trinajstić information content (AvgIpc) is 2.82. The third kappa shape index (κ3) is 4.46. The van der Waals surface area contributed by atoms with Crippen molar-refractivity contribution >= 4 is 18.3 Å². The van der Waals surface area contributed by atoms with Gasteiger partial charge in [-0.2, -0.15) is 0 Å². The third-order valence-corrected chi connectivity index (χ3v) is 3.71. The molecule has 2 N–H and O–H groups in total. The molecule has 1 aromatic carbocycles. The number of hydrogen-bond donors (Lipinski definition) is 1. The molecule has 20 heavy (non-hydrogen) atoms. The SMILES string of the molecule is CC(CCc1cccc(F)c1)C(=O)N1CC[C@@H](N)C1.Cl. The van der Waals surface area contributed by atoms with E-state index >= 15 is 0 Å². The van der Waals surface area contributed by atoms with Crippen LogP contribution in [0.2, 0.25) is 0 Å². The quantitative estimate of drug-likeness (QED) is 0.928. The van der Waals surface area contributed by atoms with Crippen LogP contribution in [-0.2, 0) is 11.2 Å². The lowest BCUT2D eigenvalue weighted by Crippen LogP contribution is -2.35. The van der Waals surface area contributed by atoms with E-state index in [0.717, 1.165) is 31.4 Å². The lowest BCUT2D eigenvalue weighted by atomic mass is 10.00. The van der Waals surface area contributed by atoms with Gasteiger partial charge < -0.3 is 10.6 Å². The van der Waals surface area contributed by atoms with Gasteiger partial charge in [-0.3, -0.25) is 4.79 Å². The maximum absolute atomic E-state index is 13.0. The van der Waals surface area contributed by atoms with E-state index in [1.54, 1.807) is 6.07 Å².